The minimum atomic E-state index is -1.03. The highest BCUT2D eigenvalue weighted by Crippen LogP contribution is 2.23. The van der Waals surface area contributed by atoms with Crippen LogP contribution in [0.1, 0.15) is 13.3 Å². The lowest BCUT2D eigenvalue weighted by Crippen LogP contribution is -2.26. The van der Waals surface area contributed by atoms with Gasteiger partial charge in [-0.1, -0.05) is 55.5 Å². The summed E-state index contributed by atoms with van der Waals surface area (Å²) < 4.78 is 7.10. The second-order valence-electron chi connectivity index (χ2n) is 5.18. The Bertz CT molecular complexity index is 759. The summed E-state index contributed by atoms with van der Waals surface area (Å²) in [5.74, 6) is -0.438. The van der Waals surface area contributed by atoms with Crippen molar-refractivity contribution in [1.82, 2.24) is 14.8 Å². The fraction of sp³-hybridized carbons (Fsp3) is 0.167. The maximum Gasteiger partial charge on any atom is 0.345 e. The molecule has 0 amide bonds. The van der Waals surface area contributed by atoms with E-state index in [-0.39, 0.29) is 6.01 Å². The average molecular weight is 323 g/mol. The zero-order valence-electron chi connectivity index (χ0n) is 13.2. The van der Waals surface area contributed by atoms with Gasteiger partial charge in [0, 0.05) is 5.56 Å². The van der Waals surface area contributed by atoms with Gasteiger partial charge in [-0.15, -0.1) is 5.10 Å². The second-order valence-corrected chi connectivity index (χ2v) is 5.18. The van der Waals surface area contributed by atoms with Crippen molar-refractivity contribution in [3.8, 4) is 23.1 Å². The van der Waals surface area contributed by atoms with E-state index in [0.717, 1.165) is 11.3 Å². The largest absolute Gasteiger partial charge is 0.479 e. The van der Waals surface area contributed by atoms with Gasteiger partial charge in [0.1, 0.15) is 0 Å². The van der Waals surface area contributed by atoms with Crippen LogP contribution in [0.2, 0.25) is 0 Å². The van der Waals surface area contributed by atoms with E-state index in [4.69, 9.17) is 9.84 Å². The molecule has 0 bridgehead atoms. The molecule has 3 aromatic rings. The van der Waals surface area contributed by atoms with Gasteiger partial charge in [-0.2, -0.15) is 4.98 Å². The first-order valence-corrected chi connectivity index (χ1v) is 7.66. The summed E-state index contributed by atoms with van der Waals surface area (Å²) in [6, 6.07) is 19.1. The first kappa shape index (κ1) is 15.7. The molecule has 0 aliphatic rings. The Morgan fingerprint density at radius 3 is 2.33 bits per heavy atom. The summed E-state index contributed by atoms with van der Waals surface area (Å²) in [6.07, 6.45) is -0.643. The third kappa shape index (κ3) is 3.27. The van der Waals surface area contributed by atoms with Crippen molar-refractivity contribution in [3.05, 3.63) is 60.7 Å². The van der Waals surface area contributed by atoms with Gasteiger partial charge in [-0.3, -0.25) is 0 Å². The number of hydrogen-bond donors (Lipinski definition) is 1. The number of carboxylic acid groups (broad SMARTS) is 1. The SMILES string of the molecule is CCC(Oc1nc(-c2ccccc2)n(-c2ccccc2)n1)C(=O)O. The normalized spacial score (nSPS) is 11.9. The predicted octanol–water partition coefficient (Wildman–Crippen LogP) is 3.18. The van der Waals surface area contributed by atoms with Crippen molar-refractivity contribution >= 4 is 5.97 Å². The Kier molecular flexibility index (Phi) is 4.56. The molecule has 0 radical (unpaired) electrons. The van der Waals surface area contributed by atoms with E-state index in [1.807, 2.05) is 60.7 Å². The lowest BCUT2D eigenvalue weighted by Gasteiger charge is -2.08. The highest BCUT2D eigenvalue weighted by molar-refractivity contribution is 5.72. The lowest BCUT2D eigenvalue weighted by molar-refractivity contribution is -0.145. The number of nitrogens with zero attached hydrogens (tertiary/aromatic N) is 3. The standard InChI is InChI=1S/C18H17N3O3/c1-2-15(17(22)23)24-18-19-16(13-9-5-3-6-10-13)21(20-18)14-11-7-4-8-12-14/h3-12,15H,2H2,1H3,(H,22,23). The van der Waals surface area contributed by atoms with Gasteiger partial charge in [0.05, 0.1) is 5.69 Å². The maximum absolute atomic E-state index is 11.2. The topological polar surface area (TPSA) is 77.2 Å². The Balaban J connectivity index is 2.05. The number of benzene rings is 2. The van der Waals surface area contributed by atoms with Gasteiger partial charge in [-0.25, -0.2) is 9.48 Å². The van der Waals surface area contributed by atoms with Crippen LogP contribution in [0.15, 0.2) is 60.7 Å². The molecule has 6 heteroatoms. The third-order valence-corrected chi connectivity index (χ3v) is 3.51. The molecule has 1 heterocycles. The van der Waals surface area contributed by atoms with E-state index in [1.165, 1.54) is 0 Å². The van der Waals surface area contributed by atoms with Gasteiger partial charge in [0.25, 0.3) is 0 Å². The van der Waals surface area contributed by atoms with E-state index < -0.39 is 12.1 Å². The van der Waals surface area contributed by atoms with Gasteiger partial charge in [0.15, 0.2) is 11.9 Å². The lowest BCUT2D eigenvalue weighted by atomic mass is 10.2. The smallest absolute Gasteiger partial charge is 0.345 e. The van der Waals surface area contributed by atoms with Gasteiger partial charge < -0.3 is 9.84 Å². The van der Waals surface area contributed by atoms with E-state index in [1.54, 1.807) is 11.6 Å². The summed E-state index contributed by atoms with van der Waals surface area (Å²) in [6.45, 7) is 1.74. The number of ether oxygens (including phenoxy) is 1. The number of aromatic nitrogens is 3. The molecule has 1 N–H and O–H groups in total. The van der Waals surface area contributed by atoms with Crippen molar-refractivity contribution in [1.29, 1.82) is 0 Å². The summed E-state index contributed by atoms with van der Waals surface area (Å²) >= 11 is 0. The van der Waals surface area contributed by atoms with Crippen molar-refractivity contribution < 1.29 is 14.6 Å². The van der Waals surface area contributed by atoms with Crippen molar-refractivity contribution in [2.75, 3.05) is 0 Å². The molecule has 6 nitrogen and oxygen atoms in total. The minimum Gasteiger partial charge on any atom is -0.479 e. The summed E-state index contributed by atoms with van der Waals surface area (Å²) in [4.78, 5) is 15.6. The van der Waals surface area contributed by atoms with Gasteiger partial charge >= 0.3 is 12.0 Å². The molecular weight excluding hydrogens is 306 g/mol. The van der Waals surface area contributed by atoms with Crippen LogP contribution >= 0.6 is 0 Å². The monoisotopic (exact) mass is 323 g/mol. The van der Waals surface area contributed by atoms with E-state index >= 15 is 0 Å². The van der Waals surface area contributed by atoms with Crippen LogP contribution in [-0.2, 0) is 4.79 Å². The van der Waals surface area contributed by atoms with Crippen molar-refractivity contribution in [2.24, 2.45) is 0 Å². The van der Waals surface area contributed by atoms with E-state index in [2.05, 4.69) is 10.1 Å². The molecule has 24 heavy (non-hydrogen) atoms. The molecule has 122 valence electrons. The van der Waals surface area contributed by atoms with Crippen LogP contribution in [0.4, 0.5) is 0 Å². The summed E-state index contributed by atoms with van der Waals surface area (Å²) in [5, 5.41) is 13.5. The van der Waals surface area contributed by atoms with Crippen LogP contribution < -0.4 is 4.74 Å². The van der Waals surface area contributed by atoms with Crippen LogP contribution in [0.25, 0.3) is 17.1 Å². The number of carboxylic acids is 1. The number of carbonyl (C=O) groups is 1. The molecule has 2 aromatic carbocycles. The van der Waals surface area contributed by atoms with Crippen LogP contribution in [0.5, 0.6) is 6.01 Å². The van der Waals surface area contributed by atoms with Gasteiger partial charge in [-0.05, 0) is 18.6 Å². The Morgan fingerprint density at radius 2 is 1.75 bits per heavy atom. The highest BCUT2D eigenvalue weighted by atomic mass is 16.5. The fourth-order valence-corrected chi connectivity index (χ4v) is 2.30. The molecule has 0 saturated heterocycles. The fourth-order valence-electron chi connectivity index (χ4n) is 2.30. The van der Waals surface area contributed by atoms with E-state index in [0.29, 0.717) is 12.2 Å². The second kappa shape index (κ2) is 6.95. The summed E-state index contributed by atoms with van der Waals surface area (Å²) in [7, 11) is 0. The van der Waals surface area contributed by atoms with Gasteiger partial charge in [0.2, 0.25) is 0 Å². The molecule has 0 fully saturated rings. The van der Waals surface area contributed by atoms with Crippen LogP contribution in [0, 0.1) is 0 Å². The molecule has 0 saturated carbocycles. The van der Waals surface area contributed by atoms with Crippen LogP contribution in [-0.4, -0.2) is 31.9 Å². The zero-order valence-corrected chi connectivity index (χ0v) is 13.2. The Morgan fingerprint density at radius 1 is 1.12 bits per heavy atom. The van der Waals surface area contributed by atoms with Crippen molar-refractivity contribution in [2.45, 2.75) is 19.4 Å². The molecule has 0 spiro atoms. The predicted molar refractivity (Wildman–Crippen MR) is 89.1 cm³/mol. The van der Waals surface area contributed by atoms with Crippen LogP contribution in [0.3, 0.4) is 0 Å². The number of aliphatic carboxylic acids is 1. The molecular formula is C18H17N3O3. The quantitative estimate of drug-likeness (QED) is 0.754. The Labute approximate surface area is 139 Å². The summed E-state index contributed by atoms with van der Waals surface area (Å²) in [5.41, 5.74) is 1.69. The molecule has 1 atom stereocenters. The minimum absolute atomic E-state index is 0.0481. The zero-order chi connectivity index (χ0) is 16.9. The number of rotatable bonds is 6. The molecule has 1 unspecified atom stereocenters. The first-order chi connectivity index (χ1) is 11.7. The number of hydrogen-bond acceptors (Lipinski definition) is 4. The number of para-hydroxylation sites is 1. The molecule has 0 aliphatic carbocycles. The van der Waals surface area contributed by atoms with E-state index in [9.17, 15) is 4.79 Å². The third-order valence-electron chi connectivity index (χ3n) is 3.51. The molecule has 1 aromatic heterocycles. The molecule has 3 rings (SSSR count). The first-order valence-electron chi connectivity index (χ1n) is 7.66. The average Bonchev–Trinajstić information content (AvgIpc) is 3.05. The highest BCUT2D eigenvalue weighted by Gasteiger charge is 2.21. The maximum atomic E-state index is 11.2. The Hall–Kier alpha value is -3.15. The van der Waals surface area contributed by atoms with Crippen molar-refractivity contribution in [3.63, 3.8) is 0 Å². The molecule has 0 aliphatic heterocycles.